The van der Waals surface area contributed by atoms with Crippen LogP contribution < -0.4 is 33.2 Å². The third-order valence-corrected chi connectivity index (χ3v) is 4.33. The Morgan fingerprint density at radius 3 is 1.68 bits per heavy atom. The third-order valence-electron chi connectivity index (χ3n) is 3.96. The van der Waals surface area contributed by atoms with E-state index in [4.69, 9.17) is 22.3 Å². The molecule has 31 heavy (non-hydrogen) atoms. The van der Waals surface area contributed by atoms with Crippen molar-refractivity contribution in [3.8, 4) is 0 Å². The number of aliphatic hydroxyl groups excluding tert-OH is 1. The Hall–Kier alpha value is -2.91. The maximum Gasteiger partial charge on any atom is 0.327 e. The number of carboxylic acid groups (broad SMARTS) is 1. The minimum absolute atomic E-state index is 0.0924. The second-order valence-corrected chi connectivity index (χ2v) is 6.87. The van der Waals surface area contributed by atoms with Crippen LogP contribution in [0.25, 0.3) is 0 Å². The SMILES string of the molecule is NC(=O)CCC(N)C(=O)NC(CO)C(=O)NC(CCC(N)=O)C(=O)NC(CS)C(=O)O. The van der Waals surface area contributed by atoms with E-state index >= 15 is 0 Å². The molecule has 4 unspecified atom stereocenters. The summed E-state index contributed by atoms with van der Waals surface area (Å²) in [5.74, 6) is -5.84. The standard InChI is InChI=1S/C16H28N6O8S/c17-7(1-3-11(18)24)13(26)21-9(5-23)15(28)20-8(2-4-12(19)25)14(27)22-10(6-31)16(29)30/h7-10,23,31H,1-6,17H2,(H2,18,24)(H2,19,25)(H,20,28)(H,21,26)(H,22,27)(H,29,30). The van der Waals surface area contributed by atoms with Gasteiger partial charge in [0.05, 0.1) is 12.6 Å². The van der Waals surface area contributed by atoms with Crippen molar-refractivity contribution < 1.29 is 39.0 Å². The van der Waals surface area contributed by atoms with Crippen molar-refractivity contribution in [3.63, 3.8) is 0 Å². The molecule has 0 aliphatic heterocycles. The first-order chi connectivity index (χ1) is 14.4. The molecule has 0 aromatic heterocycles. The predicted octanol–water partition coefficient (Wildman–Crippen LogP) is -4.69. The van der Waals surface area contributed by atoms with E-state index in [9.17, 15) is 33.9 Å². The molecule has 0 radical (unpaired) electrons. The van der Waals surface area contributed by atoms with Crippen molar-refractivity contribution in [2.24, 2.45) is 17.2 Å². The zero-order valence-electron chi connectivity index (χ0n) is 16.6. The fourth-order valence-corrected chi connectivity index (χ4v) is 2.43. The number of nitrogens with one attached hydrogen (secondary N) is 3. The first kappa shape index (κ1) is 28.1. The zero-order valence-corrected chi connectivity index (χ0v) is 17.5. The van der Waals surface area contributed by atoms with Crippen LogP contribution >= 0.6 is 12.6 Å². The number of hydrogen-bond acceptors (Lipinski definition) is 9. The van der Waals surface area contributed by atoms with Gasteiger partial charge in [-0.25, -0.2) is 4.79 Å². The molecular weight excluding hydrogens is 436 g/mol. The van der Waals surface area contributed by atoms with E-state index in [2.05, 4.69) is 28.6 Å². The van der Waals surface area contributed by atoms with Crippen molar-refractivity contribution in [2.45, 2.75) is 49.9 Å². The van der Waals surface area contributed by atoms with E-state index in [1.807, 2.05) is 0 Å². The maximum atomic E-state index is 12.4. The van der Waals surface area contributed by atoms with Gasteiger partial charge in [0.15, 0.2) is 0 Å². The smallest absolute Gasteiger partial charge is 0.327 e. The molecular formula is C16H28N6O8S. The van der Waals surface area contributed by atoms with Crippen LogP contribution in [0.5, 0.6) is 0 Å². The molecule has 0 saturated heterocycles. The number of nitrogens with two attached hydrogens (primary N) is 3. The molecule has 0 aromatic rings. The molecule has 176 valence electrons. The quantitative estimate of drug-likeness (QED) is 0.105. The van der Waals surface area contributed by atoms with Crippen molar-refractivity contribution >= 4 is 48.1 Å². The second kappa shape index (κ2) is 14.2. The number of aliphatic hydroxyl groups is 1. The topological polar surface area (TPSA) is 257 Å². The Morgan fingerprint density at radius 1 is 0.774 bits per heavy atom. The molecule has 0 spiro atoms. The molecule has 15 heteroatoms. The fraction of sp³-hybridized carbons (Fsp3) is 0.625. The van der Waals surface area contributed by atoms with Gasteiger partial charge in [0.25, 0.3) is 0 Å². The summed E-state index contributed by atoms with van der Waals surface area (Å²) in [6.45, 7) is -0.862. The van der Waals surface area contributed by atoms with Crippen molar-refractivity contribution in [1.29, 1.82) is 0 Å². The van der Waals surface area contributed by atoms with Gasteiger partial charge in [-0.15, -0.1) is 0 Å². The summed E-state index contributed by atoms with van der Waals surface area (Å²) in [5, 5.41) is 25.0. The van der Waals surface area contributed by atoms with E-state index in [1.165, 1.54) is 0 Å². The number of rotatable bonds is 15. The Labute approximate surface area is 183 Å². The lowest BCUT2D eigenvalue weighted by atomic mass is 10.1. The highest BCUT2D eigenvalue weighted by Gasteiger charge is 2.30. The van der Waals surface area contributed by atoms with E-state index in [0.29, 0.717) is 0 Å². The Bertz CT molecular complexity index is 691. The lowest BCUT2D eigenvalue weighted by Crippen LogP contribution is -2.58. The van der Waals surface area contributed by atoms with Crippen LogP contribution in [-0.2, 0) is 28.8 Å². The van der Waals surface area contributed by atoms with Crippen molar-refractivity contribution in [2.75, 3.05) is 12.4 Å². The summed E-state index contributed by atoms with van der Waals surface area (Å²) < 4.78 is 0. The molecule has 11 N–H and O–H groups in total. The Kier molecular flexibility index (Phi) is 12.8. The average Bonchev–Trinajstić information content (AvgIpc) is 2.70. The number of aliphatic carboxylic acids is 1. The molecule has 0 aromatic carbocycles. The largest absolute Gasteiger partial charge is 0.480 e. The van der Waals surface area contributed by atoms with Crippen LogP contribution in [0.3, 0.4) is 0 Å². The van der Waals surface area contributed by atoms with Gasteiger partial charge in [0.2, 0.25) is 29.5 Å². The van der Waals surface area contributed by atoms with Gasteiger partial charge in [-0.3, -0.25) is 24.0 Å². The van der Waals surface area contributed by atoms with Crippen LogP contribution in [0.2, 0.25) is 0 Å². The molecule has 0 aliphatic rings. The number of amides is 5. The molecule has 0 saturated carbocycles. The molecule has 0 fully saturated rings. The molecule has 14 nitrogen and oxygen atoms in total. The van der Waals surface area contributed by atoms with Crippen molar-refractivity contribution in [3.05, 3.63) is 0 Å². The normalized spacial score (nSPS) is 14.4. The second-order valence-electron chi connectivity index (χ2n) is 6.50. The Balaban J connectivity index is 5.19. The highest BCUT2D eigenvalue weighted by molar-refractivity contribution is 7.80. The highest BCUT2D eigenvalue weighted by Crippen LogP contribution is 2.02. The summed E-state index contributed by atoms with van der Waals surface area (Å²) in [5.41, 5.74) is 15.6. The van der Waals surface area contributed by atoms with Crippen LogP contribution in [0.15, 0.2) is 0 Å². The Morgan fingerprint density at radius 2 is 1.23 bits per heavy atom. The van der Waals surface area contributed by atoms with Crippen molar-refractivity contribution in [1.82, 2.24) is 16.0 Å². The summed E-state index contributed by atoms with van der Waals surface area (Å²) in [4.78, 5) is 69.7. The van der Waals surface area contributed by atoms with E-state index < -0.39 is 66.3 Å². The summed E-state index contributed by atoms with van der Waals surface area (Å²) in [7, 11) is 0. The minimum atomic E-state index is -1.52. The predicted molar refractivity (Wildman–Crippen MR) is 109 cm³/mol. The molecule has 0 rings (SSSR count). The van der Waals surface area contributed by atoms with Gasteiger partial charge in [-0.1, -0.05) is 0 Å². The average molecular weight is 465 g/mol. The van der Waals surface area contributed by atoms with Gasteiger partial charge < -0.3 is 43.4 Å². The first-order valence-electron chi connectivity index (χ1n) is 9.10. The highest BCUT2D eigenvalue weighted by atomic mass is 32.1. The maximum absolute atomic E-state index is 12.4. The van der Waals surface area contributed by atoms with E-state index in [1.54, 1.807) is 0 Å². The number of carboxylic acids is 1. The number of carbonyl (C=O) groups is 6. The molecule has 0 heterocycles. The number of carbonyl (C=O) groups excluding carboxylic acids is 5. The molecule has 0 aliphatic carbocycles. The lowest BCUT2D eigenvalue weighted by Gasteiger charge is -2.24. The van der Waals surface area contributed by atoms with Gasteiger partial charge in [0, 0.05) is 18.6 Å². The number of hydrogen-bond donors (Lipinski definition) is 9. The number of thiol groups is 1. The molecule has 0 bridgehead atoms. The summed E-state index contributed by atoms with van der Waals surface area (Å²) in [6, 6.07) is -5.46. The molecule has 5 amide bonds. The van der Waals surface area contributed by atoms with Crippen LogP contribution in [0.1, 0.15) is 25.7 Å². The van der Waals surface area contributed by atoms with Gasteiger partial charge in [-0.05, 0) is 12.8 Å². The fourth-order valence-electron chi connectivity index (χ4n) is 2.19. The lowest BCUT2D eigenvalue weighted by molar-refractivity contribution is -0.141. The van der Waals surface area contributed by atoms with Crippen LogP contribution in [0, 0.1) is 0 Å². The van der Waals surface area contributed by atoms with E-state index in [0.717, 1.165) is 0 Å². The van der Waals surface area contributed by atoms with Crippen LogP contribution in [0.4, 0.5) is 0 Å². The monoisotopic (exact) mass is 464 g/mol. The van der Waals surface area contributed by atoms with Gasteiger partial charge >= 0.3 is 5.97 Å². The zero-order chi connectivity index (χ0) is 24.1. The number of primary amides is 2. The molecule has 4 atom stereocenters. The van der Waals surface area contributed by atoms with Crippen LogP contribution in [-0.4, -0.2) is 82.2 Å². The van der Waals surface area contributed by atoms with E-state index in [-0.39, 0.29) is 31.4 Å². The van der Waals surface area contributed by atoms with Gasteiger partial charge in [0.1, 0.15) is 18.1 Å². The van der Waals surface area contributed by atoms with Gasteiger partial charge in [-0.2, -0.15) is 12.6 Å². The first-order valence-corrected chi connectivity index (χ1v) is 9.73. The summed E-state index contributed by atoms with van der Waals surface area (Å²) in [6.07, 6.45) is -0.845. The third kappa shape index (κ3) is 11.2. The summed E-state index contributed by atoms with van der Waals surface area (Å²) >= 11 is 3.81. The minimum Gasteiger partial charge on any atom is -0.480 e.